The first-order chi connectivity index (χ1) is 9.10. The summed E-state index contributed by atoms with van der Waals surface area (Å²) in [5.41, 5.74) is 5.65. The second kappa shape index (κ2) is 8.51. The molecule has 3 N–H and O–H groups in total. The number of carbonyl (C=O) groups is 1. The second-order valence-corrected chi connectivity index (χ2v) is 5.41. The van der Waals surface area contributed by atoms with E-state index in [4.69, 9.17) is 10.5 Å². The molecule has 0 bridgehead atoms. The zero-order valence-electron chi connectivity index (χ0n) is 12.5. The highest BCUT2D eigenvalue weighted by Crippen LogP contribution is 2.14. The maximum absolute atomic E-state index is 12.1. The molecule has 0 spiro atoms. The van der Waals surface area contributed by atoms with Crippen molar-refractivity contribution < 1.29 is 9.53 Å². The molecule has 1 heterocycles. The lowest BCUT2D eigenvalue weighted by Crippen LogP contribution is -2.57. The summed E-state index contributed by atoms with van der Waals surface area (Å²) in [6.45, 7) is 8.88. The topological polar surface area (TPSA) is 67.6 Å². The van der Waals surface area contributed by atoms with Crippen LogP contribution in [0.5, 0.6) is 0 Å². The molecule has 0 radical (unpaired) electrons. The quantitative estimate of drug-likeness (QED) is 0.670. The summed E-state index contributed by atoms with van der Waals surface area (Å²) in [6, 6.07) is 0.147. The second-order valence-electron chi connectivity index (χ2n) is 5.41. The van der Waals surface area contributed by atoms with E-state index in [1.54, 1.807) is 0 Å². The Labute approximate surface area is 116 Å². The normalized spacial score (nSPS) is 26.1. The highest BCUT2D eigenvalue weighted by Gasteiger charge is 2.31. The van der Waals surface area contributed by atoms with Gasteiger partial charge in [0, 0.05) is 25.7 Å². The van der Waals surface area contributed by atoms with Gasteiger partial charge in [0.15, 0.2) is 0 Å². The minimum Gasteiger partial charge on any atom is -0.374 e. The standard InChI is InChI=1S/C14H29N3O2/c1-4-5-6-7-16-14(18)12(3)17-9-13(8-15)19-10-11(17)2/h11-13H,4-10,15H2,1-3H3,(H,16,18). The summed E-state index contributed by atoms with van der Waals surface area (Å²) in [6.07, 6.45) is 3.44. The van der Waals surface area contributed by atoms with Crippen LogP contribution < -0.4 is 11.1 Å². The number of nitrogens with one attached hydrogen (secondary N) is 1. The molecule has 0 aromatic rings. The number of nitrogens with zero attached hydrogens (tertiary/aromatic N) is 1. The average molecular weight is 271 g/mol. The Bertz CT molecular complexity index is 273. The van der Waals surface area contributed by atoms with Crippen molar-refractivity contribution in [2.75, 3.05) is 26.2 Å². The minimum atomic E-state index is -0.116. The third-order valence-corrected chi connectivity index (χ3v) is 3.77. The molecule has 1 aliphatic rings. The molecule has 0 saturated carbocycles. The maximum Gasteiger partial charge on any atom is 0.237 e. The van der Waals surface area contributed by atoms with Crippen LogP contribution in [-0.2, 0) is 9.53 Å². The van der Waals surface area contributed by atoms with Crippen LogP contribution in [0.3, 0.4) is 0 Å². The minimum absolute atomic E-state index is 0.0477. The summed E-state index contributed by atoms with van der Waals surface area (Å²) < 4.78 is 5.61. The molecule has 0 aliphatic carbocycles. The van der Waals surface area contributed by atoms with E-state index in [9.17, 15) is 4.79 Å². The van der Waals surface area contributed by atoms with Gasteiger partial charge < -0.3 is 15.8 Å². The predicted molar refractivity (Wildman–Crippen MR) is 77.0 cm³/mol. The van der Waals surface area contributed by atoms with Crippen molar-refractivity contribution in [3.63, 3.8) is 0 Å². The number of morpholine rings is 1. The van der Waals surface area contributed by atoms with Crippen molar-refractivity contribution in [2.45, 2.75) is 58.2 Å². The molecular weight excluding hydrogens is 242 g/mol. The number of rotatable bonds is 7. The fourth-order valence-corrected chi connectivity index (χ4v) is 2.41. The summed E-state index contributed by atoms with van der Waals surface area (Å²) in [7, 11) is 0. The molecule has 1 fully saturated rings. The summed E-state index contributed by atoms with van der Waals surface area (Å²) in [4.78, 5) is 14.3. The lowest BCUT2D eigenvalue weighted by atomic mass is 10.1. The van der Waals surface area contributed by atoms with Crippen molar-refractivity contribution in [1.82, 2.24) is 10.2 Å². The first-order valence-corrected chi connectivity index (χ1v) is 7.45. The average Bonchev–Trinajstić information content (AvgIpc) is 2.43. The van der Waals surface area contributed by atoms with Crippen LogP contribution in [-0.4, -0.2) is 55.2 Å². The zero-order valence-corrected chi connectivity index (χ0v) is 12.5. The van der Waals surface area contributed by atoms with E-state index in [-0.39, 0.29) is 24.1 Å². The molecular formula is C14H29N3O2. The monoisotopic (exact) mass is 271 g/mol. The van der Waals surface area contributed by atoms with Gasteiger partial charge in [-0.1, -0.05) is 19.8 Å². The van der Waals surface area contributed by atoms with E-state index < -0.39 is 0 Å². The van der Waals surface area contributed by atoms with Gasteiger partial charge in [-0.05, 0) is 20.3 Å². The Hall–Kier alpha value is -0.650. The van der Waals surface area contributed by atoms with Crippen LogP contribution in [0.15, 0.2) is 0 Å². The smallest absolute Gasteiger partial charge is 0.237 e. The van der Waals surface area contributed by atoms with Gasteiger partial charge >= 0.3 is 0 Å². The van der Waals surface area contributed by atoms with Crippen molar-refractivity contribution in [3.05, 3.63) is 0 Å². The molecule has 5 heteroatoms. The van der Waals surface area contributed by atoms with Crippen molar-refractivity contribution in [2.24, 2.45) is 5.73 Å². The Kier molecular flexibility index (Phi) is 7.34. The number of unbranched alkanes of at least 4 members (excludes halogenated alkanes) is 2. The summed E-state index contributed by atoms with van der Waals surface area (Å²) >= 11 is 0. The van der Waals surface area contributed by atoms with Crippen molar-refractivity contribution in [3.8, 4) is 0 Å². The Balaban J connectivity index is 2.40. The van der Waals surface area contributed by atoms with Crippen LogP contribution in [0.4, 0.5) is 0 Å². The lowest BCUT2D eigenvalue weighted by molar-refractivity contribution is -0.132. The lowest BCUT2D eigenvalue weighted by Gasteiger charge is -2.40. The number of nitrogens with two attached hydrogens (primary N) is 1. The van der Waals surface area contributed by atoms with Gasteiger partial charge in [-0.25, -0.2) is 0 Å². The van der Waals surface area contributed by atoms with Gasteiger partial charge in [-0.2, -0.15) is 0 Å². The van der Waals surface area contributed by atoms with Crippen LogP contribution in [0.25, 0.3) is 0 Å². The van der Waals surface area contributed by atoms with Crippen LogP contribution in [0, 0.1) is 0 Å². The van der Waals surface area contributed by atoms with Crippen LogP contribution in [0.2, 0.25) is 0 Å². The predicted octanol–water partition coefficient (Wildman–Crippen LogP) is 0.729. The van der Waals surface area contributed by atoms with Gasteiger partial charge in [-0.15, -0.1) is 0 Å². The number of hydrogen-bond acceptors (Lipinski definition) is 4. The van der Waals surface area contributed by atoms with Gasteiger partial charge in [0.05, 0.1) is 18.8 Å². The third kappa shape index (κ3) is 5.09. The zero-order chi connectivity index (χ0) is 14.3. The number of amides is 1. The molecule has 19 heavy (non-hydrogen) atoms. The molecule has 112 valence electrons. The number of ether oxygens (including phenoxy) is 1. The van der Waals surface area contributed by atoms with E-state index in [1.165, 1.54) is 6.42 Å². The maximum atomic E-state index is 12.1. The molecule has 0 aromatic heterocycles. The van der Waals surface area contributed by atoms with E-state index >= 15 is 0 Å². The fraction of sp³-hybridized carbons (Fsp3) is 0.929. The van der Waals surface area contributed by atoms with E-state index in [0.29, 0.717) is 13.2 Å². The van der Waals surface area contributed by atoms with Crippen molar-refractivity contribution in [1.29, 1.82) is 0 Å². The van der Waals surface area contributed by atoms with Crippen LogP contribution >= 0.6 is 0 Å². The molecule has 3 atom stereocenters. The molecule has 1 aliphatic heterocycles. The Morgan fingerprint density at radius 1 is 1.53 bits per heavy atom. The van der Waals surface area contributed by atoms with Crippen LogP contribution in [0.1, 0.15) is 40.0 Å². The first kappa shape index (κ1) is 16.4. The molecule has 0 aromatic carbocycles. The van der Waals surface area contributed by atoms with Gasteiger partial charge in [0.25, 0.3) is 0 Å². The van der Waals surface area contributed by atoms with E-state index in [2.05, 4.69) is 24.1 Å². The van der Waals surface area contributed by atoms with Gasteiger partial charge in [-0.3, -0.25) is 9.69 Å². The number of hydrogen-bond donors (Lipinski definition) is 2. The molecule has 1 amide bonds. The Morgan fingerprint density at radius 2 is 2.26 bits per heavy atom. The third-order valence-electron chi connectivity index (χ3n) is 3.77. The van der Waals surface area contributed by atoms with E-state index in [1.807, 2.05) is 6.92 Å². The highest BCUT2D eigenvalue weighted by atomic mass is 16.5. The molecule has 1 rings (SSSR count). The van der Waals surface area contributed by atoms with Gasteiger partial charge in [0.1, 0.15) is 0 Å². The highest BCUT2D eigenvalue weighted by molar-refractivity contribution is 5.81. The van der Waals surface area contributed by atoms with Crippen molar-refractivity contribution >= 4 is 5.91 Å². The van der Waals surface area contributed by atoms with E-state index in [0.717, 1.165) is 25.9 Å². The fourth-order valence-electron chi connectivity index (χ4n) is 2.41. The number of carbonyl (C=O) groups excluding carboxylic acids is 1. The molecule has 3 unspecified atom stereocenters. The largest absolute Gasteiger partial charge is 0.374 e. The summed E-state index contributed by atoms with van der Waals surface area (Å²) in [5, 5.41) is 3.02. The molecule has 1 saturated heterocycles. The Morgan fingerprint density at radius 3 is 2.89 bits per heavy atom. The molecule has 5 nitrogen and oxygen atoms in total. The summed E-state index contributed by atoms with van der Waals surface area (Å²) in [5.74, 6) is 0.112. The first-order valence-electron chi connectivity index (χ1n) is 7.45. The SMILES string of the molecule is CCCCCNC(=O)C(C)N1CC(CN)OCC1C. The van der Waals surface area contributed by atoms with Gasteiger partial charge in [0.2, 0.25) is 5.91 Å².